The van der Waals surface area contributed by atoms with Crippen molar-refractivity contribution in [2.75, 3.05) is 6.54 Å². The van der Waals surface area contributed by atoms with Gasteiger partial charge in [0.05, 0.1) is 18.3 Å². The summed E-state index contributed by atoms with van der Waals surface area (Å²) in [6.07, 6.45) is -4.46. The van der Waals surface area contributed by atoms with Gasteiger partial charge in [0, 0.05) is 18.0 Å². The number of ether oxygens (including phenoxy) is 1. The average Bonchev–Trinajstić information content (AvgIpc) is 3.62. The first-order valence-corrected chi connectivity index (χ1v) is 13.3. The summed E-state index contributed by atoms with van der Waals surface area (Å²) in [5, 5.41) is 17.0. The molecule has 4 fully saturated rings. The number of nitrogens with one attached hydrogen (secondary N) is 3. The summed E-state index contributed by atoms with van der Waals surface area (Å²) in [6, 6.07) is -1.67. The molecule has 0 radical (unpaired) electrons. The molecule has 2 saturated carbocycles. The number of nitriles is 1. The summed E-state index contributed by atoms with van der Waals surface area (Å²) in [7, 11) is 0. The second-order valence-electron chi connectivity index (χ2n) is 12.6. The zero-order chi connectivity index (χ0) is 29.1. The first kappa shape index (κ1) is 29.1. The summed E-state index contributed by atoms with van der Waals surface area (Å²) in [5.74, 6) is -4.73. The normalized spacial score (nSPS) is 30.8. The van der Waals surface area contributed by atoms with E-state index in [1.165, 1.54) is 11.8 Å². The van der Waals surface area contributed by atoms with Gasteiger partial charge in [0.2, 0.25) is 17.7 Å². The average molecular weight is 556 g/mol. The predicted molar refractivity (Wildman–Crippen MR) is 130 cm³/mol. The molecule has 216 valence electrons. The zero-order valence-electron chi connectivity index (χ0n) is 22.7. The standard InChI is InChI=1S/C26H36F3N5O5/c1-12(39-15-6-7-15)18(32-23(38)26(27,28)29)22(37)34-11-16-17(25(16,4)5)19(34)21(36)31-14(10-30)8-13-9-24(2,3)33-20(13)35/h12-19H,6-9,11H2,1-5H3,(H,31,36)(H,32,38)(H,33,35)/t12-,13-,14+,16?,17?,18-,19?/m1/s1. The quantitative estimate of drug-likeness (QED) is 0.393. The van der Waals surface area contributed by atoms with E-state index in [0.29, 0.717) is 19.3 Å². The highest BCUT2D eigenvalue weighted by atomic mass is 19.4. The highest BCUT2D eigenvalue weighted by molar-refractivity contribution is 5.95. The van der Waals surface area contributed by atoms with E-state index in [1.807, 2.05) is 33.8 Å². The molecule has 4 amide bonds. The first-order chi connectivity index (χ1) is 18.0. The van der Waals surface area contributed by atoms with E-state index in [4.69, 9.17) is 4.74 Å². The molecule has 0 aromatic carbocycles. The fourth-order valence-corrected chi connectivity index (χ4v) is 6.25. The second-order valence-corrected chi connectivity index (χ2v) is 12.6. The molecule has 3 N–H and O–H groups in total. The second kappa shape index (κ2) is 9.94. The molecule has 2 aliphatic heterocycles. The van der Waals surface area contributed by atoms with Crippen LogP contribution in [-0.4, -0.2) is 77.1 Å². The Labute approximate surface area is 225 Å². The van der Waals surface area contributed by atoms with Crippen molar-refractivity contribution >= 4 is 23.6 Å². The van der Waals surface area contributed by atoms with Crippen molar-refractivity contribution in [3.8, 4) is 6.07 Å². The molecule has 0 aromatic rings. The van der Waals surface area contributed by atoms with Gasteiger partial charge >= 0.3 is 12.1 Å². The Morgan fingerprint density at radius 1 is 1.21 bits per heavy atom. The Morgan fingerprint density at radius 2 is 1.85 bits per heavy atom. The third-order valence-electron chi connectivity index (χ3n) is 8.55. The van der Waals surface area contributed by atoms with Crippen molar-refractivity contribution in [1.82, 2.24) is 20.9 Å². The number of hydrogen-bond donors (Lipinski definition) is 3. The largest absolute Gasteiger partial charge is 0.471 e. The molecule has 0 spiro atoms. The van der Waals surface area contributed by atoms with Gasteiger partial charge in [-0.05, 0) is 63.7 Å². The van der Waals surface area contributed by atoms with Crippen molar-refractivity contribution in [3.63, 3.8) is 0 Å². The number of carbonyl (C=O) groups is 4. The minimum atomic E-state index is -5.20. The minimum absolute atomic E-state index is 0.0715. The van der Waals surface area contributed by atoms with Crippen LogP contribution in [0.1, 0.15) is 60.3 Å². The van der Waals surface area contributed by atoms with Crippen molar-refractivity contribution < 1.29 is 37.1 Å². The SMILES string of the molecule is C[C@@H](OC1CC1)[C@@H](NC(=O)C(F)(F)F)C(=O)N1CC2C(C1C(=O)N[C@H](C#N)C[C@@H]1CC(C)(C)NC1=O)C2(C)C. The Balaban J connectivity index is 1.52. The molecule has 2 heterocycles. The lowest BCUT2D eigenvalue weighted by Gasteiger charge is -2.35. The van der Waals surface area contributed by atoms with E-state index in [-0.39, 0.29) is 42.2 Å². The molecule has 7 atom stereocenters. The number of alkyl halides is 3. The lowest BCUT2D eigenvalue weighted by molar-refractivity contribution is -0.176. The van der Waals surface area contributed by atoms with Crippen molar-refractivity contribution in [3.05, 3.63) is 0 Å². The van der Waals surface area contributed by atoms with Gasteiger partial charge in [-0.3, -0.25) is 19.2 Å². The number of hydrogen-bond acceptors (Lipinski definition) is 6. The summed E-state index contributed by atoms with van der Waals surface area (Å²) < 4.78 is 44.9. The topological polar surface area (TPSA) is 141 Å². The Kier molecular flexibility index (Phi) is 7.42. The monoisotopic (exact) mass is 555 g/mol. The van der Waals surface area contributed by atoms with Crippen LogP contribution in [0.5, 0.6) is 0 Å². The first-order valence-electron chi connectivity index (χ1n) is 13.3. The van der Waals surface area contributed by atoms with E-state index in [2.05, 4.69) is 10.6 Å². The van der Waals surface area contributed by atoms with Gasteiger partial charge in [-0.15, -0.1) is 0 Å². The lowest BCUT2D eigenvalue weighted by Crippen LogP contribution is -2.60. The van der Waals surface area contributed by atoms with Gasteiger partial charge in [-0.25, -0.2) is 0 Å². The molecule has 2 saturated heterocycles. The molecule has 0 bridgehead atoms. The number of likely N-dealkylation sites (tertiary alicyclic amines) is 1. The number of carbonyl (C=O) groups excluding carboxylic acids is 4. The number of piperidine rings is 1. The van der Waals surface area contributed by atoms with Gasteiger partial charge in [-0.2, -0.15) is 18.4 Å². The highest BCUT2D eigenvalue weighted by Gasteiger charge is 2.70. The molecule has 13 heteroatoms. The fourth-order valence-electron chi connectivity index (χ4n) is 6.25. The number of rotatable bonds is 9. The third kappa shape index (κ3) is 6.00. The maximum Gasteiger partial charge on any atom is 0.471 e. The van der Waals surface area contributed by atoms with Crippen molar-refractivity contribution in [1.29, 1.82) is 5.26 Å². The van der Waals surface area contributed by atoms with E-state index < -0.39 is 59.6 Å². The van der Waals surface area contributed by atoms with Gasteiger partial charge < -0.3 is 25.6 Å². The van der Waals surface area contributed by atoms with E-state index in [0.717, 1.165) is 0 Å². The Hall–Kier alpha value is -2.88. The summed E-state index contributed by atoms with van der Waals surface area (Å²) in [6.45, 7) is 9.17. The number of nitrogens with zero attached hydrogens (tertiary/aromatic N) is 2. The maximum atomic E-state index is 13.7. The molecule has 4 aliphatic rings. The molecular formula is C26H36F3N5O5. The molecule has 3 unspecified atom stereocenters. The van der Waals surface area contributed by atoms with E-state index >= 15 is 0 Å². The number of halogens is 3. The molecule has 4 rings (SSSR count). The summed E-state index contributed by atoms with van der Waals surface area (Å²) >= 11 is 0. The van der Waals surface area contributed by atoms with Crippen LogP contribution >= 0.6 is 0 Å². The van der Waals surface area contributed by atoms with Crippen LogP contribution in [0.3, 0.4) is 0 Å². The van der Waals surface area contributed by atoms with Crippen molar-refractivity contribution in [2.45, 2.75) is 102 Å². The van der Waals surface area contributed by atoms with Crippen LogP contribution < -0.4 is 16.0 Å². The molecule has 39 heavy (non-hydrogen) atoms. The predicted octanol–water partition coefficient (Wildman–Crippen LogP) is 1.40. The van der Waals surface area contributed by atoms with E-state index in [1.54, 1.807) is 5.32 Å². The van der Waals surface area contributed by atoms with Crippen LogP contribution in [0.4, 0.5) is 13.2 Å². The molecule has 10 nitrogen and oxygen atoms in total. The third-order valence-corrected chi connectivity index (χ3v) is 8.55. The van der Waals surface area contributed by atoms with Crippen LogP contribution in [0.2, 0.25) is 0 Å². The summed E-state index contributed by atoms with van der Waals surface area (Å²) in [5.41, 5.74) is -0.724. The number of amides is 4. The van der Waals surface area contributed by atoms with Gasteiger partial charge in [0.1, 0.15) is 18.1 Å². The minimum Gasteiger partial charge on any atom is -0.373 e. The van der Waals surface area contributed by atoms with Crippen LogP contribution in [0.15, 0.2) is 0 Å². The van der Waals surface area contributed by atoms with Gasteiger partial charge in [0.15, 0.2) is 0 Å². The molecular weight excluding hydrogens is 519 g/mol. The number of fused-ring (bicyclic) bond motifs is 1. The van der Waals surface area contributed by atoms with Crippen LogP contribution in [0, 0.1) is 34.5 Å². The van der Waals surface area contributed by atoms with Crippen molar-refractivity contribution in [2.24, 2.45) is 23.2 Å². The molecule has 2 aliphatic carbocycles. The highest BCUT2D eigenvalue weighted by Crippen LogP contribution is 2.65. The smallest absolute Gasteiger partial charge is 0.373 e. The van der Waals surface area contributed by atoms with Gasteiger partial charge in [0.25, 0.3) is 0 Å². The maximum absolute atomic E-state index is 13.7. The Bertz CT molecular complexity index is 1080. The zero-order valence-corrected chi connectivity index (χ0v) is 22.7. The fraction of sp³-hybridized carbons (Fsp3) is 0.808. The summed E-state index contributed by atoms with van der Waals surface area (Å²) in [4.78, 5) is 52.6. The van der Waals surface area contributed by atoms with Crippen LogP contribution in [0.25, 0.3) is 0 Å². The van der Waals surface area contributed by atoms with Gasteiger partial charge in [-0.1, -0.05) is 13.8 Å². The lowest BCUT2D eigenvalue weighted by atomic mass is 9.91. The van der Waals surface area contributed by atoms with Crippen LogP contribution in [-0.2, 0) is 23.9 Å². The molecule has 0 aromatic heterocycles. The Morgan fingerprint density at radius 3 is 2.36 bits per heavy atom. The van der Waals surface area contributed by atoms with E-state index in [9.17, 15) is 37.6 Å².